The van der Waals surface area contributed by atoms with E-state index in [1.165, 1.54) is 6.92 Å². The van der Waals surface area contributed by atoms with Gasteiger partial charge in [0.05, 0.1) is 25.6 Å². The molecule has 3 N–H and O–H groups in total. The molecule has 2 atom stereocenters. The Morgan fingerprint density at radius 3 is 2.19 bits per heavy atom. The minimum absolute atomic E-state index is 0.0173. The van der Waals surface area contributed by atoms with Gasteiger partial charge in [-0.25, -0.2) is 9.59 Å². The van der Waals surface area contributed by atoms with Crippen molar-refractivity contribution in [3.63, 3.8) is 0 Å². The van der Waals surface area contributed by atoms with Crippen LogP contribution < -0.4 is 10.6 Å². The molecule has 0 bridgehead atoms. The summed E-state index contributed by atoms with van der Waals surface area (Å²) in [6.45, 7) is 2.43. The number of alkyl carbamates (subject to hydrolysis) is 1. The molecule has 31 heavy (non-hydrogen) atoms. The number of amides is 2. The van der Waals surface area contributed by atoms with Crippen molar-refractivity contribution in [1.29, 1.82) is 0 Å². The van der Waals surface area contributed by atoms with E-state index in [2.05, 4.69) is 10.6 Å². The first kappa shape index (κ1) is 25.4. The summed E-state index contributed by atoms with van der Waals surface area (Å²) in [4.78, 5) is 59.4. The maximum Gasteiger partial charge on any atom is 0.407 e. The molecule has 1 rings (SSSR count). The SMILES string of the molecule is CCOC(=O)C[C@@H](C(=O)OCC)[C@@H](NC(=O)CNC(=O)OCc1ccccc1)C(=O)O. The highest BCUT2D eigenvalue weighted by Crippen LogP contribution is 2.14. The number of ether oxygens (including phenoxy) is 3. The highest BCUT2D eigenvalue weighted by molar-refractivity contribution is 5.91. The summed E-state index contributed by atoms with van der Waals surface area (Å²) >= 11 is 0. The maximum atomic E-state index is 12.2. The van der Waals surface area contributed by atoms with Gasteiger partial charge in [-0.3, -0.25) is 14.4 Å². The number of carbonyl (C=O) groups is 5. The molecule has 1 aromatic carbocycles. The topological polar surface area (TPSA) is 157 Å². The number of carbonyl (C=O) groups excluding carboxylic acids is 4. The molecule has 1 aromatic rings. The van der Waals surface area contributed by atoms with E-state index in [0.717, 1.165) is 5.56 Å². The van der Waals surface area contributed by atoms with E-state index in [-0.39, 0.29) is 19.8 Å². The number of carboxylic acid groups (broad SMARTS) is 1. The largest absolute Gasteiger partial charge is 0.480 e. The van der Waals surface area contributed by atoms with Crippen LogP contribution in [-0.2, 0) is 40.0 Å². The Morgan fingerprint density at radius 1 is 0.968 bits per heavy atom. The summed E-state index contributed by atoms with van der Waals surface area (Å²) in [5.74, 6) is -5.75. The Labute approximate surface area is 179 Å². The number of esters is 2. The van der Waals surface area contributed by atoms with Gasteiger partial charge in [0.25, 0.3) is 0 Å². The molecule has 0 aliphatic rings. The second kappa shape index (κ2) is 13.6. The zero-order valence-corrected chi connectivity index (χ0v) is 17.3. The van der Waals surface area contributed by atoms with Crippen molar-refractivity contribution in [3.05, 3.63) is 35.9 Å². The molecule has 0 aliphatic carbocycles. The lowest BCUT2D eigenvalue weighted by Gasteiger charge is -2.22. The second-order valence-electron chi connectivity index (χ2n) is 6.17. The first-order chi connectivity index (χ1) is 14.8. The van der Waals surface area contributed by atoms with Crippen molar-refractivity contribution in [3.8, 4) is 0 Å². The number of carboxylic acids is 1. The van der Waals surface area contributed by atoms with Gasteiger partial charge in [-0.15, -0.1) is 0 Å². The third-order valence-corrected chi connectivity index (χ3v) is 3.87. The normalized spacial score (nSPS) is 12.1. The van der Waals surface area contributed by atoms with Gasteiger partial charge < -0.3 is 30.0 Å². The summed E-state index contributed by atoms with van der Waals surface area (Å²) in [7, 11) is 0. The molecule has 0 unspecified atom stereocenters. The van der Waals surface area contributed by atoms with E-state index in [0.29, 0.717) is 0 Å². The number of aliphatic carboxylic acids is 1. The predicted molar refractivity (Wildman–Crippen MR) is 106 cm³/mol. The average Bonchev–Trinajstić information content (AvgIpc) is 2.74. The van der Waals surface area contributed by atoms with Crippen LogP contribution in [0.1, 0.15) is 25.8 Å². The molecule has 11 heteroatoms. The van der Waals surface area contributed by atoms with Crippen LogP contribution in [-0.4, -0.2) is 60.8 Å². The van der Waals surface area contributed by atoms with Crippen LogP contribution in [0.4, 0.5) is 4.79 Å². The monoisotopic (exact) mass is 438 g/mol. The predicted octanol–water partition coefficient (Wildman–Crippen LogP) is 0.615. The van der Waals surface area contributed by atoms with Crippen LogP contribution in [0.2, 0.25) is 0 Å². The first-order valence-corrected chi connectivity index (χ1v) is 9.57. The first-order valence-electron chi connectivity index (χ1n) is 9.57. The van der Waals surface area contributed by atoms with Crippen LogP contribution >= 0.6 is 0 Å². The smallest absolute Gasteiger partial charge is 0.407 e. The second-order valence-corrected chi connectivity index (χ2v) is 6.17. The van der Waals surface area contributed by atoms with Gasteiger partial charge in [0, 0.05) is 0 Å². The molecule has 0 saturated carbocycles. The van der Waals surface area contributed by atoms with Gasteiger partial charge in [-0.2, -0.15) is 0 Å². The minimum atomic E-state index is -1.77. The Morgan fingerprint density at radius 2 is 1.61 bits per heavy atom. The van der Waals surface area contributed by atoms with Gasteiger partial charge in [-0.1, -0.05) is 30.3 Å². The van der Waals surface area contributed by atoms with Crippen LogP contribution in [0.5, 0.6) is 0 Å². The lowest BCUT2D eigenvalue weighted by molar-refractivity contribution is -0.160. The van der Waals surface area contributed by atoms with Crippen molar-refractivity contribution >= 4 is 29.9 Å². The van der Waals surface area contributed by atoms with Crippen LogP contribution in [0.3, 0.4) is 0 Å². The average molecular weight is 438 g/mol. The minimum Gasteiger partial charge on any atom is -0.480 e. The third-order valence-electron chi connectivity index (χ3n) is 3.87. The summed E-state index contributed by atoms with van der Waals surface area (Å²) in [6.07, 6.45) is -1.49. The Bertz CT molecular complexity index is 767. The third kappa shape index (κ3) is 9.61. The highest BCUT2D eigenvalue weighted by atomic mass is 16.6. The lowest BCUT2D eigenvalue weighted by atomic mass is 9.96. The summed E-state index contributed by atoms with van der Waals surface area (Å²) in [5.41, 5.74) is 0.740. The van der Waals surface area contributed by atoms with E-state index < -0.39 is 54.8 Å². The zero-order valence-electron chi connectivity index (χ0n) is 17.3. The van der Waals surface area contributed by atoms with E-state index in [1.807, 2.05) is 0 Å². The summed E-state index contributed by atoms with van der Waals surface area (Å²) < 4.78 is 14.5. The maximum absolute atomic E-state index is 12.2. The molecule has 0 aromatic heterocycles. The molecular weight excluding hydrogens is 412 g/mol. The molecule has 0 aliphatic heterocycles. The molecule has 170 valence electrons. The number of hydrogen-bond acceptors (Lipinski definition) is 8. The van der Waals surface area contributed by atoms with Gasteiger partial charge in [0.1, 0.15) is 19.2 Å². The quantitative estimate of drug-likeness (QED) is 0.314. The fourth-order valence-electron chi connectivity index (χ4n) is 2.47. The van der Waals surface area contributed by atoms with E-state index in [1.54, 1.807) is 37.3 Å². The number of benzene rings is 1. The van der Waals surface area contributed by atoms with Crippen LogP contribution in [0, 0.1) is 5.92 Å². The lowest BCUT2D eigenvalue weighted by Crippen LogP contribution is -2.52. The van der Waals surface area contributed by atoms with E-state index in [4.69, 9.17) is 14.2 Å². The molecule has 0 fully saturated rings. The Hall–Kier alpha value is -3.63. The van der Waals surface area contributed by atoms with Crippen molar-refractivity contribution < 1.29 is 43.3 Å². The fourth-order valence-corrected chi connectivity index (χ4v) is 2.47. The number of nitrogens with one attached hydrogen (secondary N) is 2. The van der Waals surface area contributed by atoms with Gasteiger partial charge in [-0.05, 0) is 19.4 Å². The van der Waals surface area contributed by atoms with Gasteiger partial charge in [0.15, 0.2) is 0 Å². The van der Waals surface area contributed by atoms with Crippen LogP contribution in [0.25, 0.3) is 0 Å². The van der Waals surface area contributed by atoms with Gasteiger partial charge in [0.2, 0.25) is 5.91 Å². The van der Waals surface area contributed by atoms with Crippen molar-refractivity contribution in [2.45, 2.75) is 32.9 Å². The Kier molecular flexibility index (Phi) is 11.1. The molecule has 0 radical (unpaired) electrons. The van der Waals surface area contributed by atoms with Gasteiger partial charge >= 0.3 is 24.0 Å². The van der Waals surface area contributed by atoms with Crippen molar-refractivity contribution in [2.24, 2.45) is 5.92 Å². The highest BCUT2D eigenvalue weighted by Gasteiger charge is 2.38. The number of hydrogen-bond donors (Lipinski definition) is 3. The summed E-state index contributed by atoms with van der Waals surface area (Å²) in [5, 5.41) is 13.7. The van der Waals surface area contributed by atoms with E-state index in [9.17, 15) is 29.1 Å². The van der Waals surface area contributed by atoms with Crippen LogP contribution in [0.15, 0.2) is 30.3 Å². The Balaban J connectivity index is 2.67. The van der Waals surface area contributed by atoms with Crippen molar-refractivity contribution in [1.82, 2.24) is 10.6 Å². The van der Waals surface area contributed by atoms with Crippen molar-refractivity contribution in [2.75, 3.05) is 19.8 Å². The molecule has 2 amide bonds. The standard InChI is InChI=1S/C20H26N2O9/c1-3-29-16(24)10-14(19(27)30-4-2)17(18(25)26)22-15(23)11-21-20(28)31-12-13-8-6-5-7-9-13/h5-9,14,17H,3-4,10-12H2,1-2H3,(H,21,28)(H,22,23)(H,25,26)/t14-,17-/m1/s1. The van der Waals surface area contributed by atoms with E-state index >= 15 is 0 Å². The molecule has 0 heterocycles. The molecule has 11 nitrogen and oxygen atoms in total. The molecule has 0 saturated heterocycles. The summed E-state index contributed by atoms with van der Waals surface area (Å²) in [6, 6.07) is 7.07. The zero-order chi connectivity index (χ0) is 23.2. The molecular formula is C20H26N2O9. The number of rotatable bonds is 12. The fraction of sp³-hybridized carbons (Fsp3) is 0.450. The molecule has 0 spiro atoms.